The lowest BCUT2D eigenvalue weighted by Crippen LogP contribution is -2.22. The van der Waals surface area contributed by atoms with Crippen molar-refractivity contribution in [2.75, 3.05) is 0 Å². The van der Waals surface area contributed by atoms with E-state index in [9.17, 15) is 9.59 Å². The van der Waals surface area contributed by atoms with E-state index in [0.29, 0.717) is 6.54 Å². The Hall–Kier alpha value is -2.41. The number of nitrogens with one attached hydrogen (secondary N) is 2. The van der Waals surface area contributed by atoms with Gasteiger partial charge in [0.25, 0.3) is 11.9 Å². The molecule has 1 unspecified atom stereocenters. The smallest absolute Gasteiger partial charge is 0.322 e. The molecule has 102 valence electrons. The van der Waals surface area contributed by atoms with Gasteiger partial charge in [0.2, 0.25) is 0 Å². The molecule has 1 aliphatic rings. The highest BCUT2D eigenvalue weighted by Gasteiger charge is 2.30. The summed E-state index contributed by atoms with van der Waals surface area (Å²) >= 11 is 0. The lowest BCUT2D eigenvalue weighted by atomic mass is 10.1. The Labute approximate surface area is 109 Å². The molecule has 1 aromatic carbocycles. The van der Waals surface area contributed by atoms with E-state index in [1.54, 1.807) is 12.1 Å². The minimum atomic E-state index is -0.833. The normalized spacial score (nSPS) is 17.1. The van der Waals surface area contributed by atoms with Gasteiger partial charge in [-0.3, -0.25) is 14.9 Å². The number of imide groups is 1. The number of nitrogens with two attached hydrogens (primary N) is 1. The molecule has 3 amide bonds. The summed E-state index contributed by atoms with van der Waals surface area (Å²) < 4.78 is 0. The summed E-state index contributed by atoms with van der Waals surface area (Å²) in [6, 6.07) is 6.23. The Balaban J connectivity index is 0.000000399. The van der Waals surface area contributed by atoms with E-state index in [4.69, 9.17) is 15.6 Å². The van der Waals surface area contributed by atoms with E-state index in [0.717, 1.165) is 18.1 Å². The van der Waals surface area contributed by atoms with Gasteiger partial charge in [-0.15, -0.1) is 0 Å². The lowest BCUT2D eigenvalue weighted by Gasteiger charge is -2.07. The molecule has 7 heteroatoms. The van der Waals surface area contributed by atoms with Crippen LogP contribution in [0.25, 0.3) is 0 Å². The van der Waals surface area contributed by atoms with Crippen LogP contribution >= 0.6 is 0 Å². The average Bonchev–Trinajstić information content (AvgIpc) is 2.68. The molecule has 0 aliphatic carbocycles. The van der Waals surface area contributed by atoms with E-state index < -0.39 is 18.0 Å². The number of benzene rings is 1. The Kier molecular flexibility index (Phi) is 5.01. The van der Waals surface area contributed by atoms with Crippen LogP contribution in [0.15, 0.2) is 24.3 Å². The maximum atomic E-state index is 11.3. The molecule has 19 heavy (non-hydrogen) atoms. The number of hydrogen-bond donors (Lipinski definition) is 4. The van der Waals surface area contributed by atoms with Crippen LogP contribution in [0.4, 0.5) is 4.79 Å². The third-order valence-corrected chi connectivity index (χ3v) is 2.32. The number of urea groups is 1. The van der Waals surface area contributed by atoms with Crippen molar-refractivity contribution in [2.24, 2.45) is 5.73 Å². The van der Waals surface area contributed by atoms with Crippen LogP contribution in [-0.4, -0.2) is 23.0 Å². The summed E-state index contributed by atoms with van der Waals surface area (Å²) in [6.07, 6.45) is 0. The quantitative estimate of drug-likeness (QED) is 0.566. The van der Waals surface area contributed by atoms with Gasteiger partial charge in [0, 0.05) is 13.5 Å². The van der Waals surface area contributed by atoms with Gasteiger partial charge < -0.3 is 16.2 Å². The molecule has 0 saturated carbocycles. The molecule has 0 spiro atoms. The molecule has 7 nitrogen and oxygen atoms in total. The second-order valence-electron chi connectivity index (χ2n) is 3.86. The molecule has 0 radical (unpaired) electrons. The summed E-state index contributed by atoms with van der Waals surface area (Å²) in [4.78, 5) is 31.2. The van der Waals surface area contributed by atoms with Crippen molar-refractivity contribution in [3.63, 3.8) is 0 Å². The van der Waals surface area contributed by atoms with E-state index in [-0.39, 0.29) is 5.91 Å². The van der Waals surface area contributed by atoms with Gasteiger partial charge in [0.1, 0.15) is 6.04 Å². The molecule has 1 aliphatic heterocycles. The first kappa shape index (κ1) is 14.7. The molecule has 0 bridgehead atoms. The number of carbonyl (C=O) groups excluding carboxylic acids is 2. The average molecular weight is 265 g/mol. The van der Waals surface area contributed by atoms with Gasteiger partial charge in [-0.05, 0) is 11.1 Å². The maximum absolute atomic E-state index is 11.3. The number of carboxylic acids is 1. The zero-order valence-electron chi connectivity index (χ0n) is 10.3. The second kappa shape index (κ2) is 6.50. The molecule has 1 aromatic rings. The van der Waals surface area contributed by atoms with Crippen molar-refractivity contribution in [3.8, 4) is 0 Å². The molecule has 1 saturated heterocycles. The van der Waals surface area contributed by atoms with E-state index in [1.165, 1.54) is 0 Å². The van der Waals surface area contributed by atoms with Crippen LogP contribution in [0.2, 0.25) is 0 Å². The van der Waals surface area contributed by atoms with Crippen molar-refractivity contribution in [1.29, 1.82) is 0 Å². The second-order valence-corrected chi connectivity index (χ2v) is 3.86. The van der Waals surface area contributed by atoms with Crippen LogP contribution in [0.5, 0.6) is 0 Å². The van der Waals surface area contributed by atoms with Crippen molar-refractivity contribution < 1.29 is 19.5 Å². The summed E-state index contributed by atoms with van der Waals surface area (Å²) in [5.41, 5.74) is 7.20. The fourth-order valence-corrected chi connectivity index (χ4v) is 1.50. The largest absolute Gasteiger partial charge is 0.481 e. The predicted octanol–water partition coefficient (Wildman–Crippen LogP) is 0.117. The van der Waals surface area contributed by atoms with Crippen LogP contribution < -0.4 is 16.4 Å². The first-order chi connectivity index (χ1) is 8.93. The number of aliphatic carboxylic acids is 1. The monoisotopic (exact) mass is 265 g/mol. The van der Waals surface area contributed by atoms with Crippen molar-refractivity contribution in [3.05, 3.63) is 35.4 Å². The minimum absolute atomic E-state index is 0.319. The molecular formula is C12H15N3O4. The first-order valence-corrected chi connectivity index (χ1v) is 5.54. The van der Waals surface area contributed by atoms with Gasteiger partial charge >= 0.3 is 6.03 Å². The Bertz CT molecular complexity index is 480. The SMILES string of the molecule is CC(=O)O.NCc1ccc(C2NC(=O)NC2=O)cc1. The van der Waals surface area contributed by atoms with Crippen molar-refractivity contribution in [1.82, 2.24) is 10.6 Å². The lowest BCUT2D eigenvalue weighted by molar-refractivity contribution is -0.134. The Morgan fingerprint density at radius 2 is 1.84 bits per heavy atom. The van der Waals surface area contributed by atoms with Crippen LogP contribution in [0, 0.1) is 0 Å². The number of carbonyl (C=O) groups is 3. The molecule has 1 fully saturated rings. The molecule has 5 N–H and O–H groups in total. The fourth-order valence-electron chi connectivity index (χ4n) is 1.50. The van der Waals surface area contributed by atoms with E-state index in [1.807, 2.05) is 12.1 Å². The fraction of sp³-hybridized carbons (Fsp3) is 0.250. The maximum Gasteiger partial charge on any atom is 0.322 e. The summed E-state index contributed by atoms with van der Waals surface area (Å²) in [5.74, 6) is -1.15. The number of hydrogen-bond acceptors (Lipinski definition) is 4. The summed E-state index contributed by atoms with van der Waals surface area (Å²) in [5, 5.41) is 12.1. The molecule has 1 heterocycles. The molecule has 0 aromatic heterocycles. The highest BCUT2D eigenvalue weighted by atomic mass is 16.4. The molecule has 2 rings (SSSR count). The van der Waals surface area contributed by atoms with Gasteiger partial charge in [0.15, 0.2) is 0 Å². The van der Waals surface area contributed by atoms with Crippen LogP contribution in [-0.2, 0) is 16.1 Å². The first-order valence-electron chi connectivity index (χ1n) is 5.54. The zero-order chi connectivity index (χ0) is 14.4. The van der Waals surface area contributed by atoms with Crippen molar-refractivity contribution in [2.45, 2.75) is 19.5 Å². The summed E-state index contributed by atoms with van der Waals surface area (Å²) in [7, 11) is 0. The third-order valence-electron chi connectivity index (χ3n) is 2.32. The van der Waals surface area contributed by atoms with Gasteiger partial charge in [-0.2, -0.15) is 0 Å². The van der Waals surface area contributed by atoms with Crippen LogP contribution in [0.3, 0.4) is 0 Å². The minimum Gasteiger partial charge on any atom is -0.481 e. The Morgan fingerprint density at radius 1 is 1.32 bits per heavy atom. The topological polar surface area (TPSA) is 122 Å². The molecule has 1 atom stereocenters. The van der Waals surface area contributed by atoms with E-state index in [2.05, 4.69) is 10.6 Å². The molecular weight excluding hydrogens is 250 g/mol. The van der Waals surface area contributed by atoms with Gasteiger partial charge in [-0.1, -0.05) is 24.3 Å². The van der Waals surface area contributed by atoms with Crippen LogP contribution in [0.1, 0.15) is 24.1 Å². The van der Waals surface area contributed by atoms with E-state index >= 15 is 0 Å². The standard InChI is InChI=1S/C10H11N3O2.C2H4O2/c11-5-6-1-3-7(4-2-6)8-9(14)13-10(15)12-8;1-2(3)4/h1-4,8H,5,11H2,(H2,12,13,14,15);1H3,(H,3,4). The Morgan fingerprint density at radius 3 is 2.21 bits per heavy atom. The predicted molar refractivity (Wildman–Crippen MR) is 67.1 cm³/mol. The van der Waals surface area contributed by atoms with Gasteiger partial charge in [-0.25, -0.2) is 4.79 Å². The number of amides is 3. The third kappa shape index (κ3) is 4.40. The summed E-state index contributed by atoms with van der Waals surface area (Å²) in [6.45, 7) is 1.55. The van der Waals surface area contributed by atoms with Gasteiger partial charge in [0.05, 0.1) is 0 Å². The number of carboxylic acid groups (broad SMARTS) is 1. The highest BCUT2D eigenvalue weighted by molar-refractivity contribution is 6.04. The number of rotatable bonds is 2. The highest BCUT2D eigenvalue weighted by Crippen LogP contribution is 2.16. The van der Waals surface area contributed by atoms with Crippen molar-refractivity contribution >= 4 is 17.9 Å². The zero-order valence-corrected chi connectivity index (χ0v) is 10.3.